The highest BCUT2D eigenvalue weighted by molar-refractivity contribution is 6.07. The van der Waals surface area contributed by atoms with Crippen LogP contribution in [0.15, 0.2) is 59.2 Å². The number of oxazole rings is 1. The maximum absolute atomic E-state index is 12.8. The van der Waals surface area contributed by atoms with Crippen LogP contribution in [0.2, 0.25) is 0 Å². The van der Waals surface area contributed by atoms with Gasteiger partial charge in [0.05, 0.1) is 13.2 Å². The lowest BCUT2D eigenvalue weighted by Crippen LogP contribution is -2.61. The number of rotatable bonds is 11. The van der Waals surface area contributed by atoms with E-state index in [9.17, 15) is 14.4 Å². The minimum absolute atomic E-state index is 0.00966. The normalized spacial score (nSPS) is 11.1. The first-order valence-electron chi connectivity index (χ1n) is 12.1. The van der Waals surface area contributed by atoms with Crippen molar-refractivity contribution < 1.29 is 28.3 Å². The smallest absolute Gasteiger partial charge is 0.343 e. The van der Waals surface area contributed by atoms with Crippen LogP contribution >= 0.6 is 0 Å². The van der Waals surface area contributed by atoms with Gasteiger partial charge in [0, 0.05) is 18.9 Å². The topological polar surface area (TPSA) is 108 Å². The van der Waals surface area contributed by atoms with Crippen molar-refractivity contribution >= 4 is 17.8 Å². The van der Waals surface area contributed by atoms with E-state index in [1.165, 1.54) is 6.92 Å². The van der Waals surface area contributed by atoms with Gasteiger partial charge in [-0.15, -0.1) is 0 Å². The molecule has 0 aliphatic carbocycles. The highest BCUT2D eigenvalue weighted by atomic mass is 16.6. The highest BCUT2D eigenvalue weighted by Gasteiger charge is 2.49. The lowest BCUT2D eigenvalue weighted by Gasteiger charge is -2.29. The maximum Gasteiger partial charge on any atom is 0.343 e. The van der Waals surface area contributed by atoms with Gasteiger partial charge < -0.3 is 19.2 Å². The summed E-state index contributed by atoms with van der Waals surface area (Å²) < 4.78 is 15.7. The molecule has 0 spiro atoms. The van der Waals surface area contributed by atoms with Crippen molar-refractivity contribution in [3.05, 3.63) is 66.2 Å². The Morgan fingerprint density at radius 3 is 1.86 bits per heavy atom. The van der Waals surface area contributed by atoms with Crippen molar-refractivity contribution in [3.63, 3.8) is 0 Å². The van der Waals surface area contributed by atoms with Gasteiger partial charge in [-0.2, -0.15) is 0 Å². The van der Waals surface area contributed by atoms with Crippen molar-refractivity contribution in [1.82, 2.24) is 10.3 Å². The largest absolute Gasteiger partial charge is 0.464 e. The van der Waals surface area contributed by atoms with Crippen LogP contribution in [0.25, 0.3) is 22.4 Å². The molecule has 190 valence electrons. The van der Waals surface area contributed by atoms with Crippen molar-refractivity contribution in [3.8, 4) is 22.4 Å². The second kappa shape index (κ2) is 12.2. The van der Waals surface area contributed by atoms with Gasteiger partial charge >= 0.3 is 11.9 Å². The SMILES string of the molecule is CCOC(=O)C(CCc1ccc(-c2ccc(-c3coc(CC)n3)cc2)cc1)(NC(C)=O)C(=O)OCC. The van der Waals surface area contributed by atoms with Gasteiger partial charge in [0.1, 0.15) is 12.0 Å². The van der Waals surface area contributed by atoms with Crippen LogP contribution in [0.1, 0.15) is 45.6 Å². The third-order valence-electron chi connectivity index (χ3n) is 5.75. The first-order chi connectivity index (χ1) is 17.3. The van der Waals surface area contributed by atoms with Crippen LogP contribution in [0, 0.1) is 0 Å². The molecule has 3 aromatic rings. The molecule has 8 nitrogen and oxygen atoms in total. The number of carbonyl (C=O) groups excluding carboxylic acids is 3. The molecule has 0 unspecified atom stereocenters. The van der Waals surface area contributed by atoms with Crippen molar-refractivity contribution in [2.45, 2.75) is 52.5 Å². The third-order valence-corrected chi connectivity index (χ3v) is 5.75. The van der Waals surface area contributed by atoms with E-state index >= 15 is 0 Å². The number of benzene rings is 2. The Hall–Kier alpha value is -3.94. The minimum atomic E-state index is -1.90. The molecule has 1 amide bonds. The number of nitrogens with one attached hydrogen (secondary N) is 1. The Morgan fingerprint density at radius 2 is 1.39 bits per heavy atom. The molecule has 0 fully saturated rings. The summed E-state index contributed by atoms with van der Waals surface area (Å²) in [5.41, 5.74) is 2.84. The minimum Gasteiger partial charge on any atom is -0.464 e. The molecule has 1 aromatic heterocycles. The third kappa shape index (κ3) is 6.19. The summed E-state index contributed by atoms with van der Waals surface area (Å²) in [5, 5.41) is 2.49. The molecular weight excluding hydrogens is 460 g/mol. The molecule has 2 aromatic carbocycles. The number of amides is 1. The molecule has 0 atom stereocenters. The first-order valence-corrected chi connectivity index (χ1v) is 12.1. The Balaban J connectivity index is 1.76. The molecule has 0 bridgehead atoms. The van der Waals surface area contributed by atoms with E-state index < -0.39 is 23.4 Å². The number of aromatic nitrogens is 1. The number of ether oxygens (including phenoxy) is 2. The summed E-state index contributed by atoms with van der Waals surface area (Å²) in [7, 11) is 0. The zero-order valence-electron chi connectivity index (χ0n) is 21.1. The summed E-state index contributed by atoms with van der Waals surface area (Å²) in [6.07, 6.45) is 2.77. The van der Waals surface area contributed by atoms with Crippen LogP contribution in [0.3, 0.4) is 0 Å². The molecule has 0 saturated heterocycles. The number of hydrogen-bond donors (Lipinski definition) is 1. The van der Waals surface area contributed by atoms with Crippen molar-refractivity contribution in [2.75, 3.05) is 13.2 Å². The number of esters is 2. The van der Waals surface area contributed by atoms with Gasteiger partial charge in [0.15, 0.2) is 5.89 Å². The summed E-state index contributed by atoms with van der Waals surface area (Å²) in [4.78, 5) is 41.9. The molecule has 1 heterocycles. The summed E-state index contributed by atoms with van der Waals surface area (Å²) in [5.74, 6) is -1.47. The van der Waals surface area contributed by atoms with E-state index in [0.717, 1.165) is 34.4 Å². The van der Waals surface area contributed by atoms with E-state index in [2.05, 4.69) is 10.3 Å². The lowest BCUT2D eigenvalue weighted by molar-refractivity contribution is -0.168. The summed E-state index contributed by atoms with van der Waals surface area (Å²) in [6, 6.07) is 15.9. The maximum atomic E-state index is 12.8. The lowest BCUT2D eigenvalue weighted by atomic mass is 9.90. The molecule has 8 heteroatoms. The Labute approximate surface area is 211 Å². The van der Waals surface area contributed by atoms with Crippen LogP contribution < -0.4 is 5.32 Å². The average Bonchev–Trinajstić information content (AvgIpc) is 3.36. The molecule has 1 N–H and O–H groups in total. The monoisotopic (exact) mass is 492 g/mol. The second-order valence-electron chi connectivity index (χ2n) is 8.28. The van der Waals surface area contributed by atoms with Crippen LogP contribution in [0.4, 0.5) is 0 Å². The van der Waals surface area contributed by atoms with Crippen LogP contribution in [0.5, 0.6) is 0 Å². The van der Waals surface area contributed by atoms with E-state index in [4.69, 9.17) is 13.9 Å². The standard InChI is InChI=1S/C28H32N2O6/c1-5-25-29-24(18-36-25)23-14-12-22(13-15-23)21-10-8-20(9-11-21)16-17-28(30-19(4)31,26(32)34-6-2)27(33)35-7-3/h8-15,18H,5-7,16-17H2,1-4H3,(H,30,31). The van der Waals surface area contributed by atoms with Gasteiger partial charge in [-0.25, -0.2) is 14.6 Å². The summed E-state index contributed by atoms with van der Waals surface area (Å²) >= 11 is 0. The number of carbonyl (C=O) groups is 3. The highest BCUT2D eigenvalue weighted by Crippen LogP contribution is 2.26. The molecule has 0 aliphatic heterocycles. The Kier molecular flexibility index (Phi) is 9.00. The van der Waals surface area contributed by atoms with Gasteiger partial charge in [-0.1, -0.05) is 55.5 Å². The van der Waals surface area contributed by atoms with E-state index in [-0.39, 0.29) is 19.6 Å². The molecular formula is C28H32N2O6. The van der Waals surface area contributed by atoms with E-state index in [0.29, 0.717) is 12.3 Å². The van der Waals surface area contributed by atoms with Gasteiger partial charge in [0.2, 0.25) is 11.4 Å². The fourth-order valence-electron chi connectivity index (χ4n) is 3.90. The van der Waals surface area contributed by atoms with E-state index in [1.807, 2.05) is 55.5 Å². The predicted octanol–water partition coefficient (Wildman–Crippen LogP) is 4.50. The average molecular weight is 493 g/mol. The van der Waals surface area contributed by atoms with Gasteiger partial charge in [-0.05, 0) is 43.4 Å². The van der Waals surface area contributed by atoms with Crippen molar-refractivity contribution in [1.29, 1.82) is 0 Å². The molecule has 0 radical (unpaired) electrons. The van der Waals surface area contributed by atoms with Crippen molar-refractivity contribution in [2.24, 2.45) is 0 Å². The quantitative estimate of drug-likeness (QED) is 0.310. The molecule has 36 heavy (non-hydrogen) atoms. The van der Waals surface area contributed by atoms with Crippen LogP contribution in [-0.4, -0.2) is 41.6 Å². The summed E-state index contributed by atoms with van der Waals surface area (Å²) in [6.45, 7) is 6.67. The molecule has 0 saturated carbocycles. The number of aryl methyl sites for hydroxylation is 2. The number of hydrogen-bond acceptors (Lipinski definition) is 7. The zero-order valence-corrected chi connectivity index (χ0v) is 21.1. The second-order valence-corrected chi connectivity index (χ2v) is 8.28. The fourth-order valence-corrected chi connectivity index (χ4v) is 3.90. The van der Waals surface area contributed by atoms with E-state index in [1.54, 1.807) is 20.1 Å². The number of nitrogens with zero attached hydrogens (tertiary/aromatic N) is 1. The van der Waals surface area contributed by atoms with Gasteiger partial charge in [0.25, 0.3) is 0 Å². The fraction of sp³-hybridized carbons (Fsp3) is 0.357. The molecule has 3 rings (SSSR count). The molecule has 0 aliphatic rings. The van der Waals surface area contributed by atoms with Crippen LogP contribution in [-0.2, 0) is 36.7 Å². The Morgan fingerprint density at radius 1 is 0.861 bits per heavy atom. The Bertz CT molecular complexity index is 1160. The zero-order chi connectivity index (χ0) is 26.1. The first kappa shape index (κ1) is 26.7. The predicted molar refractivity (Wildman–Crippen MR) is 135 cm³/mol. The van der Waals surface area contributed by atoms with Gasteiger partial charge in [-0.3, -0.25) is 4.79 Å².